The number of nitrogens with one attached hydrogen (secondary N) is 1. The van der Waals surface area contributed by atoms with Gasteiger partial charge in [0.1, 0.15) is 5.69 Å². The number of aryl methyl sites for hydroxylation is 2. The molecule has 1 aliphatic carbocycles. The molecule has 1 aliphatic rings. The molecule has 1 N–H and O–H groups in total. The first kappa shape index (κ1) is 20.1. The normalized spacial score (nSPS) is 13.8. The fourth-order valence-electron chi connectivity index (χ4n) is 3.58. The molecule has 1 aromatic heterocycles. The average Bonchev–Trinajstić information content (AvgIpc) is 2.69. The molecule has 0 fully saturated rings. The molecular formula is C23H30N4O. The predicted octanol–water partition coefficient (Wildman–Crippen LogP) is 4.87. The van der Waals surface area contributed by atoms with E-state index in [1.54, 1.807) is 6.07 Å². The lowest BCUT2D eigenvalue weighted by Crippen LogP contribution is -2.27. The molecule has 1 aromatic carbocycles. The van der Waals surface area contributed by atoms with Crippen LogP contribution in [-0.2, 0) is 0 Å². The van der Waals surface area contributed by atoms with E-state index in [9.17, 15) is 4.79 Å². The van der Waals surface area contributed by atoms with E-state index >= 15 is 0 Å². The molecule has 5 nitrogen and oxygen atoms in total. The van der Waals surface area contributed by atoms with Crippen LogP contribution in [0, 0.1) is 13.8 Å². The topological polar surface area (TPSA) is 58.1 Å². The summed E-state index contributed by atoms with van der Waals surface area (Å²) in [5.41, 5.74) is 4.88. The van der Waals surface area contributed by atoms with Gasteiger partial charge in [-0.2, -0.15) is 0 Å². The SMILES string of the molecule is CCN(c1cccc(C)c1)c1nc(C)cc(C(=O)NCCC2=CCCCC2)n1. The zero-order chi connectivity index (χ0) is 19.9. The monoisotopic (exact) mass is 378 g/mol. The number of carbonyl (C=O) groups excluding carboxylic acids is 1. The van der Waals surface area contributed by atoms with E-state index in [-0.39, 0.29) is 5.91 Å². The van der Waals surface area contributed by atoms with Gasteiger partial charge in [0.2, 0.25) is 5.95 Å². The van der Waals surface area contributed by atoms with Crippen LogP contribution in [0.25, 0.3) is 0 Å². The number of hydrogen-bond donors (Lipinski definition) is 1. The zero-order valence-electron chi connectivity index (χ0n) is 17.2. The first-order valence-corrected chi connectivity index (χ1v) is 10.2. The first-order valence-electron chi connectivity index (χ1n) is 10.2. The van der Waals surface area contributed by atoms with Crippen molar-refractivity contribution in [1.82, 2.24) is 15.3 Å². The Bertz CT molecular complexity index is 859. The Morgan fingerprint density at radius 1 is 1.18 bits per heavy atom. The maximum atomic E-state index is 12.7. The first-order chi connectivity index (χ1) is 13.6. The van der Waals surface area contributed by atoms with Crippen molar-refractivity contribution >= 4 is 17.5 Å². The molecule has 1 amide bonds. The molecule has 0 saturated carbocycles. The van der Waals surface area contributed by atoms with E-state index in [1.165, 1.54) is 30.4 Å². The number of rotatable bonds is 7. The number of benzene rings is 1. The van der Waals surface area contributed by atoms with Crippen molar-refractivity contribution < 1.29 is 4.79 Å². The quantitative estimate of drug-likeness (QED) is 0.698. The Labute approximate surface area is 167 Å². The van der Waals surface area contributed by atoms with Crippen LogP contribution < -0.4 is 10.2 Å². The lowest BCUT2D eigenvalue weighted by molar-refractivity contribution is 0.0949. The molecule has 5 heteroatoms. The largest absolute Gasteiger partial charge is 0.350 e. The van der Waals surface area contributed by atoms with Gasteiger partial charge >= 0.3 is 0 Å². The van der Waals surface area contributed by atoms with Gasteiger partial charge in [-0.05, 0) is 76.6 Å². The van der Waals surface area contributed by atoms with E-state index in [1.807, 2.05) is 24.0 Å². The zero-order valence-corrected chi connectivity index (χ0v) is 17.2. The van der Waals surface area contributed by atoms with Crippen molar-refractivity contribution in [3.05, 3.63) is 58.9 Å². The van der Waals surface area contributed by atoms with E-state index < -0.39 is 0 Å². The molecule has 0 bridgehead atoms. The molecule has 148 valence electrons. The van der Waals surface area contributed by atoms with Crippen LogP contribution in [0.1, 0.15) is 60.8 Å². The van der Waals surface area contributed by atoms with Crippen molar-refractivity contribution in [2.75, 3.05) is 18.0 Å². The third kappa shape index (κ3) is 5.18. The van der Waals surface area contributed by atoms with Crippen molar-refractivity contribution in [2.45, 2.75) is 52.9 Å². The molecule has 2 aromatic rings. The van der Waals surface area contributed by atoms with Crippen LogP contribution in [-0.4, -0.2) is 29.0 Å². The fourth-order valence-corrected chi connectivity index (χ4v) is 3.58. The van der Waals surface area contributed by atoms with Gasteiger partial charge in [-0.25, -0.2) is 9.97 Å². The minimum absolute atomic E-state index is 0.136. The summed E-state index contributed by atoms with van der Waals surface area (Å²) in [7, 11) is 0. The van der Waals surface area contributed by atoms with Gasteiger partial charge in [0, 0.05) is 24.5 Å². The Balaban J connectivity index is 1.72. The maximum Gasteiger partial charge on any atom is 0.270 e. The summed E-state index contributed by atoms with van der Waals surface area (Å²) < 4.78 is 0. The van der Waals surface area contributed by atoms with Gasteiger partial charge in [-0.15, -0.1) is 0 Å². The van der Waals surface area contributed by atoms with Gasteiger partial charge < -0.3 is 10.2 Å². The van der Waals surface area contributed by atoms with E-state index in [0.717, 1.165) is 30.8 Å². The number of allylic oxidation sites excluding steroid dienone is 1. The highest BCUT2D eigenvalue weighted by Crippen LogP contribution is 2.23. The van der Waals surface area contributed by atoms with Gasteiger partial charge in [-0.3, -0.25) is 4.79 Å². The van der Waals surface area contributed by atoms with Crippen LogP contribution in [0.3, 0.4) is 0 Å². The lowest BCUT2D eigenvalue weighted by Gasteiger charge is -2.22. The number of amides is 1. The van der Waals surface area contributed by atoms with Crippen molar-refractivity contribution in [3.8, 4) is 0 Å². The van der Waals surface area contributed by atoms with Crippen LogP contribution >= 0.6 is 0 Å². The predicted molar refractivity (Wildman–Crippen MR) is 114 cm³/mol. The second-order valence-corrected chi connectivity index (χ2v) is 7.39. The summed E-state index contributed by atoms with van der Waals surface area (Å²) in [5, 5.41) is 3.02. The summed E-state index contributed by atoms with van der Waals surface area (Å²) in [6.07, 6.45) is 8.13. The van der Waals surface area contributed by atoms with E-state index in [4.69, 9.17) is 0 Å². The van der Waals surface area contributed by atoms with Gasteiger partial charge in [-0.1, -0.05) is 23.8 Å². The number of nitrogens with zero attached hydrogens (tertiary/aromatic N) is 3. The van der Waals surface area contributed by atoms with Gasteiger partial charge in [0.15, 0.2) is 0 Å². The second kappa shape index (κ2) is 9.49. The highest BCUT2D eigenvalue weighted by atomic mass is 16.1. The third-order valence-corrected chi connectivity index (χ3v) is 5.06. The molecule has 0 aliphatic heterocycles. The minimum atomic E-state index is -0.136. The lowest BCUT2D eigenvalue weighted by atomic mass is 9.97. The van der Waals surface area contributed by atoms with Crippen LogP contribution in [0.5, 0.6) is 0 Å². The number of carbonyl (C=O) groups is 1. The Hall–Kier alpha value is -2.69. The number of aromatic nitrogens is 2. The highest BCUT2D eigenvalue weighted by molar-refractivity contribution is 5.92. The van der Waals surface area contributed by atoms with Crippen LogP contribution in [0.2, 0.25) is 0 Å². The molecule has 0 saturated heterocycles. The summed E-state index contributed by atoms with van der Waals surface area (Å²) in [4.78, 5) is 23.8. The molecule has 28 heavy (non-hydrogen) atoms. The molecule has 3 rings (SSSR count). The summed E-state index contributed by atoms with van der Waals surface area (Å²) in [6.45, 7) is 7.40. The van der Waals surface area contributed by atoms with Crippen molar-refractivity contribution in [2.24, 2.45) is 0 Å². The second-order valence-electron chi connectivity index (χ2n) is 7.39. The maximum absolute atomic E-state index is 12.7. The fraction of sp³-hybridized carbons (Fsp3) is 0.435. The highest BCUT2D eigenvalue weighted by Gasteiger charge is 2.16. The molecule has 0 radical (unpaired) electrons. The molecule has 0 unspecified atom stereocenters. The summed E-state index contributed by atoms with van der Waals surface area (Å²) in [5.74, 6) is 0.427. The van der Waals surface area contributed by atoms with E-state index in [0.29, 0.717) is 18.2 Å². The van der Waals surface area contributed by atoms with E-state index in [2.05, 4.69) is 47.3 Å². The van der Waals surface area contributed by atoms with Crippen LogP contribution in [0.15, 0.2) is 42.0 Å². The third-order valence-electron chi connectivity index (χ3n) is 5.06. The Morgan fingerprint density at radius 2 is 2.04 bits per heavy atom. The Kier molecular flexibility index (Phi) is 6.80. The number of anilines is 2. The van der Waals surface area contributed by atoms with Gasteiger partial charge in [0.25, 0.3) is 5.91 Å². The molecule has 1 heterocycles. The Morgan fingerprint density at radius 3 is 2.75 bits per heavy atom. The molecular weight excluding hydrogens is 348 g/mol. The minimum Gasteiger partial charge on any atom is -0.350 e. The smallest absolute Gasteiger partial charge is 0.270 e. The average molecular weight is 379 g/mol. The summed E-state index contributed by atoms with van der Waals surface area (Å²) in [6, 6.07) is 9.99. The molecule has 0 spiro atoms. The van der Waals surface area contributed by atoms with Gasteiger partial charge in [0.05, 0.1) is 0 Å². The molecule has 0 atom stereocenters. The van der Waals surface area contributed by atoms with Crippen molar-refractivity contribution in [3.63, 3.8) is 0 Å². The van der Waals surface area contributed by atoms with Crippen molar-refractivity contribution in [1.29, 1.82) is 0 Å². The van der Waals surface area contributed by atoms with Crippen LogP contribution in [0.4, 0.5) is 11.6 Å². The number of hydrogen-bond acceptors (Lipinski definition) is 4. The standard InChI is InChI=1S/C23H30N4O/c1-4-27(20-12-8-9-17(2)15-20)23-25-18(3)16-21(26-23)22(28)24-14-13-19-10-6-5-7-11-19/h8-10,12,15-16H,4-7,11,13-14H2,1-3H3,(H,24,28). The summed E-state index contributed by atoms with van der Waals surface area (Å²) >= 11 is 0.